The first kappa shape index (κ1) is 16.8. The number of nitrogens with zero attached hydrogens (tertiary/aromatic N) is 2. The molecule has 22 heavy (non-hydrogen) atoms. The molecule has 2 heterocycles. The third-order valence-electron chi connectivity index (χ3n) is 3.70. The van der Waals surface area contributed by atoms with E-state index in [9.17, 15) is 4.79 Å². The summed E-state index contributed by atoms with van der Waals surface area (Å²) in [6.07, 6.45) is 6.53. The van der Waals surface area contributed by atoms with E-state index in [0.29, 0.717) is 5.92 Å². The molecule has 0 aliphatic carbocycles. The molecule has 1 aromatic heterocycles. The molecule has 0 bridgehead atoms. The van der Waals surface area contributed by atoms with Crippen LogP contribution in [0.3, 0.4) is 0 Å². The second kappa shape index (κ2) is 7.63. The Kier molecular flexibility index (Phi) is 5.83. The number of aromatic nitrogens is 2. The van der Waals surface area contributed by atoms with E-state index in [2.05, 4.69) is 15.3 Å². The zero-order chi connectivity index (χ0) is 16.0. The minimum absolute atomic E-state index is 0.187. The van der Waals surface area contributed by atoms with Gasteiger partial charge in [-0.3, -0.25) is 0 Å². The van der Waals surface area contributed by atoms with Gasteiger partial charge in [0.05, 0.1) is 0 Å². The number of hydrogen-bond donors (Lipinski definition) is 2. The lowest BCUT2D eigenvalue weighted by Gasteiger charge is -2.34. The molecule has 1 saturated heterocycles. The number of imidazole rings is 1. The molecular formula is C16H28N4O2. The topological polar surface area (TPSA) is 70.2 Å². The van der Waals surface area contributed by atoms with Gasteiger partial charge in [-0.1, -0.05) is 0 Å². The summed E-state index contributed by atoms with van der Waals surface area (Å²) in [5.74, 6) is 1.50. The van der Waals surface area contributed by atoms with Crippen molar-refractivity contribution in [1.29, 1.82) is 0 Å². The van der Waals surface area contributed by atoms with Crippen LogP contribution in [-0.2, 0) is 11.2 Å². The molecule has 1 aromatic rings. The minimum atomic E-state index is -0.425. The summed E-state index contributed by atoms with van der Waals surface area (Å²) in [6, 6.07) is 0. The third-order valence-corrected chi connectivity index (χ3v) is 3.70. The van der Waals surface area contributed by atoms with Crippen molar-refractivity contribution in [2.24, 2.45) is 5.92 Å². The average molecular weight is 308 g/mol. The standard InChI is InChI=1S/C16H28N4O2/c1-16(2,3)22-15(21)20-10-4-5-13(12-20)11-17-7-6-14-18-8-9-19-14/h8-9,13,17H,4-7,10-12H2,1-3H3,(H,18,19). The number of carbonyl (C=O) groups excluding carboxylic acids is 1. The summed E-state index contributed by atoms with van der Waals surface area (Å²) in [7, 11) is 0. The zero-order valence-corrected chi connectivity index (χ0v) is 13.9. The number of likely N-dealkylation sites (tertiary alicyclic amines) is 1. The highest BCUT2D eigenvalue weighted by Crippen LogP contribution is 2.18. The summed E-state index contributed by atoms with van der Waals surface area (Å²) >= 11 is 0. The number of carbonyl (C=O) groups is 1. The van der Waals surface area contributed by atoms with Gasteiger partial charge in [0.1, 0.15) is 11.4 Å². The SMILES string of the molecule is CC(C)(C)OC(=O)N1CCCC(CNCCc2ncc[nH]2)C1. The summed E-state index contributed by atoms with van der Waals surface area (Å²) < 4.78 is 5.45. The van der Waals surface area contributed by atoms with Gasteiger partial charge in [0, 0.05) is 38.4 Å². The number of rotatable bonds is 5. The van der Waals surface area contributed by atoms with E-state index in [4.69, 9.17) is 4.74 Å². The zero-order valence-electron chi connectivity index (χ0n) is 13.9. The Bertz CT molecular complexity index is 453. The van der Waals surface area contributed by atoms with Crippen LogP contribution in [0, 0.1) is 5.92 Å². The summed E-state index contributed by atoms with van der Waals surface area (Å²) in [6.45, 7) is 9.13. The summed E-state index contributed by atoms with van der Waals surface area (Å²) in [5.41, 5.74) is -0.425. The van der Waals surface area contributed by atoms with Crippen LogP contribution in [0.2, 0.25) is 0 Å². The normalized spacial score (nSPS) is 19.2. The Balaban J connectivity index is 1.68. The highest BCUT2D eigenvalue weighted by Gasteiger charge is 2.27. The van der Waals surface area contributed by atoms with Crippen LogP contribution in [0.1, 0.15) is 39.4 Å². The van der Waals surface area contributed by atoms with Gasteiger partial charge in [-0.2, -0.15) is 0 Å². The maximum Gasteiger partial charge on any atom is 0.410 e. The van der Waals surface area contributed by atoms with E-state index >= 15 is 0 Å². The van der Waals surface area contributed by atoms with Gasteiger partial charge in [0.15, 0.2) is 0 Å². The predicted molar refractivity (Wildman–Crippen MR) is 85.7 cm³/mol. The van der Waals surface area contributed by atoms with Crippen LogP contribution in [0.15, 0.2) is 12.4 Å². The maximum absolute atomic E-state index is 12.1. The van der Waals surface area contributed by atoms with E-state index in [1.165, 1.54) is 0 Å². The lowest BCUT2D eigenvalue weighted by Crippen LogP contribution is -2.45. The molecule has 1 aliphatic heterocycles. The van der Waals surface area contributed by atoms with Crippen LogP contribution in [-0.4, -0.2) is 52.7 Å². The fraction of sp³-hybridized carbons (Fsp3) is 0.750. The molecular weight excluding hydrogens is 280 g/mol. The van der Waals surface area contributed by atoms with Crippen molar-refractivity contribution in [3.05, 3.63) is 18.2 Å². The van der Waals surface area contributed by atoms with Gasteiger partial charge in [-0.05, 0) is 46.1 Å². The minimum Gasteiger partial charge on any atom is -0.444 e. The second-order valence-electron chi connectivity index (χ2n) is 6.92. The van der Waals surface area contributed by atoms with Crippen molar-refractivity contribution in [2.45, 2.75) is 45.6 Å². The molecule has 1 amide bonds. The van der Waals surface area contributed by atoms with Gasteiger partial charge in [-0.25, -0.2) is 9.78 Å². The van der Waals surface area contributed by atoms with Gasteiger partial charge in [-0.15, -0.1) is 0 Å². The Morgan fingerprint density at radius 3 is 3.05 bits per heavy atom. The molecule has 6 nitrogen and oxygen atoms in total. The number of ether oxygens (including phenoxy) is 1. The second-order valence-corrected chi connectivity index (χ2v) is 6.92. The number of piperidine rings is 1. The van der Waals surface area contributed by atoms with E-state index < -0.39 is 5.60 Å². The molecule has 0 radical (unpaired) electrons. The van der Waals surface area contributed by atoms with Gasteiger partial charge < -0.3 is 19.9 Å². The average Bonchev–Trinajstić information content (AvgIpc) is 2.95. The van der Waals surface area contributed by atoms with Crippen molar-refractivity contribution in [1.82, 2.24) is 20.2 Å². The smallest absolute Gasteiger partial charge is 0.410 e. The fourth-order valence-electron chi connectivity index (χ4n) is 2.67. The predicted octanol–water partition coefficient (Wildman–Crippen LogP) is 2.19. The molecule has 124 valence electrons. The van der Waals surface area contributed by atoms with Crippen molar-refractivity contribution in [3.63, 3.8) is 0 Å². The fourth-order valence-corrected chi connectivity index (χ4v) is 2.67. The molecule has 1 fully saturated rings. The van der Waals surface area contributed by atoms with Crippen LogP contribution >= 0.6 is 0 Å². The third kappa shape index (κ3) is 5.67. The number of amides is 1. The lowest BCUT2D eigenvalue weighted by molar-refractivity contribution is 0.0166. The van der Waals surface area contributed by atoms with Crippen LogP contribution in [0.5, 0.6) is 0 Å². The Labute approximate surface area is 132 Å². The molecule has 0 aromatic carbocycles. The first-order valence-electron chi connectivity index (χ1n) is 8.11. The van der Waals surface area contributed by atoms with Crippen molar-refractivity contribution in [2.75, 3.05) is 26.2 Å². The summed E-state index contributed by atoms with van der Waals surface area (Å²) in [5, 5.41) is 3.46. The lowest BCUT2D eigenvalue weighted by atomic mass is 9.98. The van der Waals surface area contributed by atoms with Crippen molar-refractivity contribution < 1.29 is 9.53 Å². The van der Waals surface area contributed by atoms with Crippen LogP contribution < -0.4 is 5.32 Å². The van der Waals surface area contributed by atoms with E-state index in [-0.39, 0.29) is 6.09 Å². The summed E-state index contributed by atoms with van der Waals surface area (Å²) in [4.78, 5) is 21.3. The van der Waals surface area contributed by atoms with E-state index in [1.54, 1.807) is 6.20 Å². The number of aromatic amines is 1. The van der Waals surface area contributed by atoms with Crippen LogP contribution in [0.4, 0.5) is 4.79 Å². The van der Waals surface area contributed by atoms with E-state index in [1.807, 2.05) is 31.9 Å². The molecule has 2 N–H and O–H groups in total. The van der Waals surface area contributed by atoms with Crippen LogP contribution in [0.25, 0.3) is 0 Å². The molecule has 2 rings (SSSR count). The number of H-pyrrole nitrogens is 1. The quantitative estimate of drug-likeness (QED) is 0.818. The first-order chi connectivity index (χ1) is 10.4. The Hall–Kier alpha value is -1.56. The highest BCUT2D eigenvalue weighted by atomic mass is 16.6. The largest absolute Gasteiger partial charge is 0.444 e. The number of nitrogens with one attached hydrogen (secondary N) is 2. The molecule has 1 unspecified atom stereocenters. The van der Waals surface area contributed by atoms with E-state index in [0.717, 1.165) is 51.3 Å². The Morgan fingerprint density at radius 1 is 1.55 bits per heavy atom. The molecule has 1 atom stereocenters. The van der Waals surface area contributed by atoms with Crippen molar-refractivity contribution >= 4 is 6.09 Å². The van der Waals surface area contributed by atoms with Gasteiger partial charge in [0.2, 0.25) is 0 Å². The Morgan fingerprint density at radius 2 is 2.36 bits per heavy atom. The van der Waals surface area contributed by atoms with Gasteiger partial charge in [0.25, 0.3) is 0 Å². The monoisotopic (exact) mass is 308 g/mol. The molecule has 1 aliphatic rings. The number of hydrogen-bond acceptors (Lipinski definition) is 4. The van der Waals surface area contributed by atoms with Crippen molar-refractivity contribution in [3.8, 4) is 0 Å². The first-order valence-corrected chi connectivity index (χ1v) is 8.11. The molecule has 6 heteroatoms. The highest BCUT2D eigenvalue weighted by molar-refractivity contribution is 5.68. The molecule has 0 spiro atoms. The van der Waals surface area contributed by atoms with Gasteiger partial charge >= 0.3 is 6.09 Å². The maximum atomic E-state index is 12.1. The molecule has 0 saturated carbocycles.